The zero-order chi connectivity index (χ0) is 14.5. The minimum Gasteiger partial charge on any atom is -0.497 e. The normalized spacial score (nSPS) is 12.4. The molecule has 2 rings (SSSR count). The number of methoxy groups -OCH3 is 1. The Balaban J connectivity index is 2.20. The van der Waals surface area contributed by atoms with Crippen molar-refractivity contribution in [2.24, 2.45) is 0 Å². The van der Waals surface area contributed by atoms with Crippen LogP contribution in [0.15, 0.2) is 18.2 Å². The number of rotatable bonds is 6. The molecule has 20 heavy (non-hydrogen) atoms. The molecule has 1 N–H and O–H groups in total. The van der Waals surface area contributed by atoms with E-state index in [4.69, 9.17) is 4.74 Å². The molecule has 0 bridgehead atoms. The smallest absolute Gasteiger partial charge is 0.150 e. The molecular formula is C14H18FN3OS. The van der Waals surface area contributed by atoms with Crippen LogP contribution in [-0.2, 0) is 0 Å². The molecule has 0 saturated carbocycles. The van der Waals surface area contributed by atoms with Gasteiger partial charge in [0.2, 0.25) is 0 Å². The first-order valence-corrected chi connectivity index (χ1v) is 7.38. The highest BCUT2D eigenvalue weighted by atomic mass is 32.1. The lowest BCUT2D eigenvalue weighted by molar-refractivity contribution is 0.411. The van der Waals surface area contributed by atoms with Crippen LogP contribution in [0.3, 0.4) is 0 Å². The number of halogens is 1. The number of benzene rings is 1. The third-order valence-electron chi connectivity index (χ3n) is 2.92. The molecule has 0 aliphatic heterocycles. The van der Waals surface area contributed by atoms with Crippen LogP contribution < -0.4 is 10.1 Å². The van der Waals surface area contributed by atoms with Gasteiger partial charge in [0, 0.05) is 11.6 Å². The first-order valence-electron chi connectivity index (χ1n) is 6.56. The van der Waals surface area contributed by atoms with Crippen molar-refractivity contribution in [1.82, 2.24) is 15.5 Å². The summed E-state index contributed by atoms with van der Waals surface area (Å²) in [4.78, 5) is 0. The fourth-order valence-electron chi connectivity index (χ4n) is 1.76. The minimum absolute atomic E-state index is 0.127. The van der Waals surface area contributed by atoms with E-state index in [9.17, 15) is 4.39 Å². The minimum atomic E-state index is -0.346. The van der Waals surface area contributed by atoms with Crippen molar-refractivity contribution < 1.29 is 9.13 Å². The van der Waals surface area contributed by atoms with Crippen LogP contribution in [0.4, 0.5) is 4.39 Å². The summed E-state index contributed by atoms with van der Waals surface area (Å²) in [5, 5.41) is 13.0. The lowest BCUT2D eigenvalue weighted by Crippen LogP contribution is -2.18. The van der Waals surface area contributed by atoms with Gasteiger partial charge in [-0.1, -0.05) is 18.3 Å². The quantitative estimate of drug-likeness (QED) is 0.887. The maximum Gasteiger partial charge on any atom is 0.150 e. The highest BCUT2D eigenvalue weighted by Crippen LogP contribution is 2.30. The van der Waals surface area contributed by atoms with Crippen LogP contribution in [0.25, 0.3) is 10.6 Å². The highest BCUT2D eigenvalue weighted by molar-refractivity contribution is 7.14. The monoisotopic (exact) mass is 295 g/mol. The van der Waals surface area contributed by atoms with Gasteiger partial charge < -0.3 is 10.1 Å². The number of nitrogens with zero attached hydrogens (tertiary/aromatic N) is 2. The van der Waals surface area contributed by atoms with Crippen LogP contribution in [0, 0.1) is 5.82 Å². The predicted molar refractivity (Wildman–Crippen MR) is 78.6 cm³/mol. The largest absolute Gasteiger partial charge is 0.497 e. The molecule has 1 unspecified atom stereocenters. The Bertz CT molecular complexity index is 573. The third-order valence-corrected chi connectivity index (χ3v) is 4.06. The van der Waals surface area contributed by atoms with Gasteiger partial charge >= 0.3 is 0 Å². The van der Waals surface area contributed by atoms with Crippen molar-refractivity contribution in [2.45, 2.75) is 26.3 Å². The van der Waals surface area contributed by atoms with Crippen molar-refractivity contribution in [3.63, 3.8) is 0 Å². The fraction of sp³-hybridized carbons (Fsp3) is 0.429. The summed E-state index contributed by atoms with van der Waals surface area (Å²) in [5.74, 6) is 0.148. The third kappa shape index (κ3) is 3.32. The summed E-state index contributed by atoms with van der Waals surface area (Å²) in [6.45, 7) is 5.06. The van der Waals surface area contributed by atoms with E-state index in [2.05, 4.69) is 22.4 Å². The van der Waals surface area contributed by atoms with Gasteiger partial charge in [-0.15, -0.1) is 10.2 Å². The Labute approximate surface area is 122 Å². The van der Waals surface area contributed by atoms with Gasteiger partial charge in [0.25, 0.3) is 0 Å². The maximum absolute atomic E-state index is 14.0. The van der Waals surface area contributed by atoms with E-state index in [0.717, 1.165) is 18.0 Å². The van der Waals surface area contributed by atoms with Crippen LogP contribution in [-0.4, -0.2) is 23.9 Å². The summed E-state index contributed by atoms with van der Waals surface area (Å²) in [5.41, 5.74) is 0.456. The zero-order valence-electron chi connectivity index (χ0n) is 11.8. The molecule has 0 spiro atoms. The van der Waals surface area contributed by atoms with Crippen molar-refractivity contribution in [1.29, 1.82) is 0 Å². The number of nitrogens with one attached hydrogen (secondary N) is 1. The second kappa shape index (κ2) is 6.76. The lowest BCUT2D eigenvalue weighted by Gasteiger charge is -2.08. The molecule has 108 valence electrons. The Morgan fingerprint density at radius 2 is 2.20 bits per heavy atom. The molecule has 2 aromatic rings. The van der Waals surface area contributed by atoms with E-state index in [-0.39, 0.29) is 11.9 Å². The molecule has 0 fully saturated rings. The average Bonchev–Trinajstić information content (AvgIpc) is 2.94. The van der Waals surface area contributed by atoms with Gasteiger partial charge in [-0.25, -0.2) is 4.39 Å². The molecule has 4 nitrogen and oxygen atoms in total. The number of hydrogen-bond acceptors (Lipinski definition) is 5. The van der Waals surface area contributed by atoms with E-state index < -0.39 is 0 Å². The van der Waals surface area contributed by atoms with Crippen LogP contribution in [0.5, 0.6) is 5.75 Å². The fourth-order valence-corrected chi connectivity index (χ4v) is 2.66. The van der Waals surface area contributed by atoms with E-state index in [1.54, 1.807) is 12.1 Å². The lowest BCUT2D eigenvalue weighted by atomic mass is 10.2. The molecule has 0 saturated heterocycles. The predicted octanol–water partition coefficient (Wildman–Crippen LogP) is 3.41. The van der Waals surface area contributed by atoms with Crippen molar-refractivity contribution in [2.75, 3.05) is 13.7 Å². The zero-order valence-corrected chi connectivity index (χ0v) is 12.6. The van der Waals surface area contributed by atoms with Crippen molar-refractivity contribution >= 4 is 11.3 Å². The second-order valence-corrected chi connectivity index (χ2v) is 5.48. The van der Waals surface area contributed by atoms with E-state index in [1.807, 2.05) is 6.92 Å². The summed E-state index contributed by atoms with van der Waals surface area (Å²) >= 11 is 1.41. The summed E-state index contributed by atoms with van der Waals surface area (Å²) in [6.07, 6.45) is 1.06. The number of ether oxygens (including phenoxy) is 1. The van der Waals surface area contributed by atoms with E-state index >= 15 is 0 Å². The molecule has 6 heteroatoms. The SMILES string of the molecule is CCCNC(C)c1nnc(-c2ccc(OC)cc2F)s1. The van der Waals surface area contributed by atoms with E-state index in [0.29, 0.717) is 16.3 Å². The van der Waals surface area contributed by atoms with E-state index in [1.165, 1.54) is 24.5 Å². The summed E-state index contributed by atoms with van der Waals surface area (Å²) in [6, 6.07) is 4.87. The van der Waals surface area contributed by atoms with Crippen LogP contribution >= 0.6 is 11.3 Å². The Morgan fingerprint density at radius 1 is 1.40 bits per heavy atom. The number of aromatic nitrogens is 2. The molecule has 1 heterocycles. The van der Waals surface area contributed by atoms with Gasteiger partial charge in [-0.3, -0.25) is 0 Å². The number of hydrogen-bond donors (Lipinski definition) is 1. The van der Waals surface area contributed by atoms with Crippen molar-refractivity contribution in [3.05, 3.63) is 29.0 Å². The van der Waals surface area contributed by atoms with Gasteiger partial charge in [-0.2, -0.15) is 0 Å². The Kier molecular flexibility index (Phi) is 5.03. The Morgan fingerprint density at radius 3 is 2.85 bits per heavy atom. The molecule has 1 aromatic carbocycles. The maximum atomic E-state index is 14.0. The van der Waals surface area contributed by atoms with Crippen LogP contribution in [0.2, 0.25) is 0 Å². The first kappa shape index (κ1) is 14.9. The van der Waals surface area contributed by atoms with Gasteiger partial charge in [0.1, 0.15) is 16.6 Å². The molecule has 1 atom stereocenters. The standard InChI is InChI=1S/C14H18FN3OS/c1-4-7-16-9(2)13-17-18-14(20-13)11-6-5-10(19-3)8-12(11)15/h5-6,8-9,16H,4,7H2,1-3H3. The topological polar surface area (TPSA) is 47.0 Å². The van der Waals surface area contributed by atoms with Gasteiger partial charge in [-0.05, 0) is 32.0 Å². The van der Waals surface area contributed by atoms with Crippen LogP contribution in [0.1, 0.15) is 31.3 Å². The van der Waals surface area contributed by atoms with Crippen molar-refractivity contribution in [3.8, 4) is 16.3 Å². The Hall–Kier alpha value is -1.53. The molecule has 1 aromatic heterocycles. The summed E-state index contributed by atoms with van der Waals surface area (Å²) < 4.78 is 19.0. The second-order valence-electron chi connectivity index (χ2n) is 4.47. The first-order chi connectivity index (χ1) is 9.65. The molecule has 0 amide bonds. The molecule has 0 radical (unpaired) electrons. The molecular weight excluding hydrogens is 277 g/mol. The summed E-state index contributed by atoms with van der Waals surface area (Å²) in [7, 11) is 1.51. The molecule has 0 aliphatic rings. The van der Waals surface area contributed by atoms with Gasteiger partial charge in [0.15, 0.2) is 5.01 Å². The molecule has 0 aliphatic carbocycles. The van der Waals surface area contributed by atoms with Gasteiger partial charge in [0.05, 0.1) is 13.2 Å². The highest BCUT2D eigenvalue weighted by Gasteiger charge is 2.15. The average molecular weight is 295 g/mol.